The Morgan fingerprint density at radius 1 is 0.263 bits per heavy atom. The van der Waals surface area contributed by atoms with Crippen LogP contribution in [0.1, 0.15) is 284 Å². The first-order valence-electron chi connectivity index (χ1n) is 32.8. The zero-order valence-corrected chi connectivity index (χ0v) is 51.8. The van der Waals surface area contributed by atoms with Crippen LogP contribution in [0.2, 0.25) is 0 Å². The number of carbonyl (C=O) groups excluding carboxylic acids is 3. The van der Waals surface area contributed by atoms with Crippen molar-refractivity contribution in [3.05, 3.63) is 146 Å². The number of hydrogen-bond donors (Lipinski definition) is 0. The van der Waals surface area contributed by atoms with E-state index in [-0.39, 0.29) is 37.5 Å². The lowest BCUT2D eigenvalue weighted by Crippen LogP contribution is -2.30. The Kier molecular flexibility index (Phi) is 62.9. The fourth-order valence-electron chi connectivity index (χ4n) is 8.63. The molecule has 1 atom stereocenters. The van der Waals surface area contributed by atoms with Crippen molar-refractivity contribution in [1.29, 1.82) is 0 Å². The Labute approximate surface area is 493 Å². The van der Waals surface area contributed by atoms with Crippen LogP contribution >= 0.6 is 0 Å². The van der Waals surface area contributed by atoms with Gasteiger partial charge in [0.2, 0.25) is 0 Å². The Balaban J connectivity index is 4.47. The van der Waals surface area contributed by atoms with Crippen LogP contribution in [0.15, 0.2) is 146 Å². The standard InChI is InChI=1S/C74H120O6/c1-4-7-10-13-16-19-22-25-28-30-32-33-34-35-36-37-38-39-40-41-43-44-46-49-52-55-58-61-64-67-73(76)79-70-71(69-78-72(75)66-63-60-57-54-51-48-27-24-21-18-15-12-9-6-3)80-74(77)68-65-62-59-56-53-50-47-45-42-31-29-26-23-20-17-14-11-8-5-2/h7,10,15-16,18-19,24-29,32-33,35-36,38-39,41,43,46,49,55,58,71H,4-6,8-9,11-14,17,20-23,30-31,34,37,40,42,44-45,47-48,50-54,56-57,59-70H2,1-3H3/b10-7-,18-15-,19-16-,27-24-,28-25-,29-26-,33-32-,36-35-,39-38-,43-41-,49-46-,58-55-. The van der Waals surface area contributed by atoms with Gasteiger partial charge in [-0.15, -0.1) is 0 Å². The van der Waals surface area contributed by atoms with Gasteiger partial charge in [0.05, 0.1) is 0 Å². The average Bonchev–Trinajstić information content (AvgIpc) is 3.46. The summed E-state index contributed by atoms with van der Waals surface area (Å²) in [4.78, 5) is 38.3. The summed E-state index contributed by atoms with van der Waals surface area (Å²) in [5.74, 6) is -0.984. The lowest BCUT2D eigenvalue weighted by atomic mass is 10.1. The number of carbonyl (C=O) groups is 3. The summed E-state index contributed by atoms with van der Waals surface area (Å²) in [5.41, 5.74) is 0. The largest absolute Gasteiger partial charge is 0.462 e. The van der Waals surface area contributed by atoms with E-state index in [1.54, 1.807) is 0 Å². The van der Waals surface area contributed by atoms with Gasteiger partial charge in [-0.3, -0.25) is 14.4 Å². The van der Waals surface area contributed by atoms with Crippen molar-refractivity contribution in [1.82, 2.24) is 0 Å². The highest BCUT2D eigenvalue weighted by Crippen LogP contribution is 2.15. The number of allylic oxidation sites excluding steroid dienone is 24. The first kappa shape index (κ1) is 75.3. The summed E-state index contributed by atoms with van der Waals surface area (Å²) in [7, 11) is 0. The van der Waals surface area contributed by atoms with E-state index in [0.717, 1.165) is 128 Å². The predicted octanol–water partition coefficient (Wildman–Crippen LogP) is 22.7. The van der Waals surface area contributed by atoms with E-state index < -0.39 is 6.10 Å². The minimum absolute atomic E-state index is 0.108. The number of ether oxygens (including phenoxy) is 3. The van der Waals surface area contributed by atoms with Gasteiger partial charge in [-0.1, -0.05) is 276 Å². The Bertz CT molecular complexity index is 1750. The van der Waals surface area contributed by atoms with Gasteiger partial charge in [-0.25, -0.2) is 0 Å². The van der Waals surface area contributed by atoms with Crippen molar-refractivity contribution in [2.45, 2.75) is 290 Å². The molecule has 0 aromatic rings. The molecule has 452 valence electrons. The van der Waals surface area contributed by atoms with Gasteiger partial charge in [0.25, 0.3) is 0 Å². The molecule has 0 spiro atoms. The molecule has 0 aromatic carbocycles. The van der Waals surface area contributed by atoms with Crippen LogP contribution in [0.3, 0.4) is 0 Å². The van der Waals surface area contributed by atoms with Gasteiger partial charge in [-0.2, -0.15) is 0 Å². The van der Waals surface area contributed by atoms with E-state index in [4.69, 9.17) is 14.2 Å². The van der Waals surface area contributed by atoms with Crippen molar-refractivity contribution in [2.24, 2.45) is 0 Å². The fraction of sp³-hybridized carbons (Fsp3) is 0.635. The normalized spacial score (nSPS) is 13.1. The molecule has 0 amide bonds. The van der Waals surface area contributed by atoms with Gasteiger partial charge >= 0.3 is 17.9 Å². The monoisotopic (exact) mass is 1100 g/mol. The van der Waals surface area contributed by atoms with Crippen molar-refractivity contribution in [3.63, 3.8) is 0 Å². The minimum atomic E-state index is -0.815. The average molecular weight is 1110 g/mol. The zero-order valence-electron chi connectivity index (χ0n) is 51.8. The summed E-state index contributed by atoms with van der Waals surface area (Å²) in [6.07, 6.45) is 95.7. The van der Waals surface area contributed by atoms with Crippen LogP contribution in [0.4, 0.5) is 0 Å². The van der Waals surface area contributed by atoms with Crippen molar-refractivity contribution in [3.8, 4) is 0 Å². The Morgan fingerprint density at radius 2 is 0.512 bits per heavy atom. The van der Waals surface area contributed by atoms with Crippen LogP contribution in [0.5, 0.6) is 0 Å². The van der Waals surface area contributed by atoms with Crippen molar-refractivity contribution >= 4 is 17.9 Å². The smallest absolute Gasteiger partial charge is 0.306 e. The first-order valence-corrected chi connectivity index (χ1v) is 32.8. The summed E-state index contributed by atoms with van der Waals surface area (Å²) in [6, 6.07) is 0. The molecule has 6 heteroatoms. The number of rotatable bonds is 58. The SMILES string of the molecule is CC/C=C\C/C=C\C/C=C\C/C=C\C/C=C\C/C=C\C/C=C\C/C=C\C/C=C\CCCC(=O)OCC(COC(=O)CCCCCCC/C=C\C/C=C\CCCC)OC(=O)CCCCCCCCCCC/C=C\CCCCCCCC. The first-order chi connectivity index (χ1) is 39.5. The molecular formula is C74H120O6. The third kappa shape index (κ3) is 64.1. The number of hydrogen-bond acceptors (Lipinski definition) is 6. The summed E-state index contributed by atoms with van der Waals surface area (Å²) >= 11 is 0. The molecule has 0 N–H and O–H groups in total. The van der Waals surface area contributed by atoms with Gasteiger partial charge in [0.1, 0.15) is 13.2 Å². The van der Waals surface area contributed by atoms with Crippen LogP contribution in [0.25, 0.3) is 0 Å². The molecule has 1 unspecified atom stereocenters. The summed E-state index contributed by atoms with van der Waals surface area (Å²) in [5, 5.41) is 0. The van der Waals surface area contributed by atoms with Gasteiger partial charge < -0.3 is 14.2 Å². The molecule has 0 aliphatic heterocycles. The molecule has 0 rings (SSSR count). The second-order valence-electron chi connectivity index (χ2n) is 21.3. The number of unbranched alkanes of at least 4 members (excludes halogenated alkanes) is 23. The maximum Gasteiger partial charge on any atom is 0.306 e. The molecule has 0 bridgehead atoms. The van der Waals surface area contributed by atoms with Crippen LogP contribution in [-0.2, 0) is 28.6 Å². The molecule has 80 heavy (non-hydrogen) atoms. The molecule has 0 fully saturated rings. The van der Waals surface area contributed by atoms with E-state index in [1.165, 1.54) is 109 Å². The summed E-state index contributed by atoms with van der Waals surface area (Å²) in [6.45, 7) is 6.43. The third-order valence-corrected chi connectivity index (χ3v) is 13.5. The van der Waals surface area contributed by atoms with Crippen molar-refractivity contribution < 1.29 is 28.6 Å². The van der Waals surface area contributed by atoms with Gasteiger partial charge in [0.15, 0.2) is 6.10 Å². The Hall–Kier alpha value is -4.71. The van der Waals surface area contributed by atoms with Crippen LogP contribution in [0, 0.1) is 0 Å². The lowest BCUT2D eigenvalue weighted by Gasteiger charge is -2.18. The van der Waals surface area contributed by atoms with Gasteiger partial charge in [-0.05, 0) is 135 Å². The molecule has 0 radical (unpaired) electrons. The highest BCUT2D eigenvalue weighted by Gasteiger charge is 2.19. The van der Waals surface area contributed by atoms with E-state index in [1.807, 2.05) is 0 Å². The molecule has 0 heterocycles. The quantitative estimate of drug-likeness (QED) is 0.0261. The van der Waals surface area contributed by atoms with E-state index in [9.17, 15) is 14.4 Å². The Morgan fingerprint density at radius 3 is 0.863 bits per heavy atom. The molecule has 0 aliphatic carbocycles. The highest BCUT2D eigenvalue weighted by molar-refractivity contribution is 5.71. The maximum atomic E-state index is 12.9. The second kappa shape index (κ2) is 66.8. The number of esters is 3. The molecule has 0 aromatic heterocycles. The van der Waals surface area contributed by atoms with Crippen LogP contribution in [-0.4, -0.2) is 37.2 Å². The predicted molar refractivity (Wildman–Crippen MR) is 348 cm³/mol. The summed E-state index contributed by atoms with van der Waals surface area (Å²) < 4.78 is 16.9. The van der Waals surface area contributed by atoms with E-state index >= 15 is 0 Å². The molecule has 0 saturated carbocycles. The zero-order chi connectivity index (χ0) is 57.8. The van der Waals surface area contributed by atoms with Crippen LogP contribution < -0.4 is 0 Å². The van der Waals surface area contributed by atoms with E-state index in [2.05, 4.69) is 167 Å². The minimum Gasteiger partial charge on any atom is -0.462 e. The van der Waals surface area contributed by atoms with Crippen molar-refractivity contribution in [2.75, 3.05) is 13.2 Å². The second-order valence-corrected chi connectivity index (χ2v) is 21.3. The maximum absolute atomic E-state index is 12.9. The third-order valence-electron chi connectivity index (χ3n) is 13.5. The molecule has 0 saturated heterocycles. The lowest BCUT2D eigenvalue weighted by molar-refractivity contribution is -0.167. The van der Waals surface area contributed by atoms with Gasteiger partial charge in [0, 0.05) is 19.3 Å². The highest BCUT2D eigenvalue weighted by atomic mass is 16.6. The molecular weight excluding hydrogens is 985 g/mol. The fourth-order valence-corrected chi connectivity index (χ4v) is 8.63. The molecule has 6 nitrogen and oxygen atoms in total. The van der Waals surface area contributed by atoms with E-state index in [0.29, 0.717) is 19.3 Å². The topological polar surface area (TPSA) is 78.9 Å². The molecule has 0 aliphatic rings.